The van der Waals surface area contributed by atoms with Gasteiger partial charge in [-0.2, -0.15) is 0 Å². The number of aryl methyl sites for hydroxylation is 1. The third-order valence-corrected chi connectivity index (χ3v) is 2.31. The second-order valence-electron chi connectivity index (χ2n) is 4.61. The van der Waals surface area contributed by atoms with Crippen molar-refractivity contribution in [3.8, 4) is 5.75 Å². The lowest BCUT2D eigenvalue weighted by Crippen LogP contribution is -2.20. The number of benzene rings is 1. The second kappa shape index (κ2) is 8.19. The Kier molecular flexibility index (Phi) is 6.56. The fraction of sp³-hybridized carbons (Fsp3) is 0.467. The average molecular weight is 280 g/mol. The first kappa shape index (κ1) is 16.0. The fourth-order valence-corrected chi connectivity index (χ4v) is 1.40. The van der Waals surface area contributed by atoms with Gasteiger partial charge in [0.25, 0.3) is 0 Å². The van der Waals surface area contributed by atoms with Crippen molar-refractivity contribution in [1.29, 1.82) is 0 Å². The molecule has 0 N–H and O–H groups in total. The Morgan fingerprint density at radius 3 is 2.35 bits per heavy atom. The SMILES string of the molecule is Cc1ccc(OCCC(=O)OCC(=O)OC(C)C)cc1. The molecule has 0 bridgehead atoms. The van der Waals surface area contributed by atoms with Crippen LogP contribution in [0.3, 0.4) is 0 Å². The highest BCUT2D eigenvalue weighted by Crippen LogP contribution is 2.11. The van der Waals surface area contributed by atoms with Crippen LogP contribution in [0.15, 0.2) is 24.3 Å². The van der Waals surface area contributed by atoms with Gasteiger partial charge in [-0.05, 0) is 32.9 Å². The number of carbonyl (C=O) groups excluding carboxylic acids is 2. The second-order valence-corrected chi connectivity index (χ2v) is 4.61. The molecule has 0 fully saturated rings. The first-order valence-corrected chi connectivity index (χ1v) is 6.52. The summed E-state index contributed by atoms with van der Waals surface area (Å²) in [6, 6.07) is 7.52. The summed E-state index contributed by atoms with van der Waals surface area (Å²) in [5.74, 6) is -0.340. The third kappa shape index (κ3) is 6.78. The molecule has 0 aliphatic rings. The molecule has 0 saturated carbocycles. The lowest BCUT2D eigenvalue weighted by molar-refractivity contribution is -0.161. The highest BCUT2D eigenvalue weighted by molar-refractivity contribution is 5.76. The minimum absolute atomic E-state index is 0.0861. The molecule has 0 saturated heterocycles. The molecular formula is C15H20O5. The first-order chi connectivity index (χ1) is 9.47. The van der Waals surface area contributed by atoms with E-state index in [0.29, 0.717) is 5.75 Å². The maximum Gasteiger partial charge on any atom is 0.344 e. The van der Waals surface area contributed by atoms with Crippen LogP contribution in [0.2, 0.25) is 0 Å². The zero-order chi connectivity index (χ0) is 15.0. The molecule has 0 aromatic heterocycles. The molecule has 0 amide bonds. The summed E-state index contributed by atoms with van der Waals surface area (Å²) in [6.07, 6.45) is -0.130. The van der Waals surface area contributed by atoms with E-state index in [1.165, 1.54) is 0 Å². The largest absolute Gasteiger partial charge is 0.493 e. The van der Waals surface area contributed by atoms with E-state index in [-0.39, 0.29) is 25.7 Å². The van der Waals surface area contributed by atoms with Gasteiger partial charge >= 0.3 is 11.9 Å². The monoisotopic (exact) mass is 280 g/mol. The number of ether oxygens (including phenoxy) is 3. The summed E-state index contributed by atoms with van der Waals surface area (Å²) in [6.45, 7) is 5.30. The number of esters is 2. The molecule has 5 heteroatoms. The molecule has 0 heterocycles. The van der Waals surface area contributed by atoms with Gasteiger partial charge in [-0.3, -0.25) is 4.79 Å². The van der Waals surface area contributed by atoms with Gasteiger partial charge in [0.2, 0.25) is 0 Å². The van der Waals surface area contributed by atoms with Crippen molar-refractivity contribution in [2.75, 3.05) is 13.2 Å². The van der Waals surface area contributed by atoms with Crippen LogP contribution in [-0.2, 0) is 19.1 Å². The quantitative estimate of drug-likeness (QED) is 0.717. The van der Waals surface area contributed by atoms with Gasteiger partial charge in [-0.15, -0.1) is 0 Å². The summed E-state index contributed by atoms with van der Waals surface area (Å²) >= 11 is 0. The zero-order valence-electron chi connectivity index (χ0n) is 12.0. The van der Waals surface area contributed by atoms with Crippen LogP contribution in [0.25, 0.3) is 0 Å². The van der Waals surface area contributed by atoms with Gasteiger partial charge < -0.3 is 14.2 Å². The number of hydrogen-bond acceptors (Lipinski definition) is 5. The van der Waals surface area contributed by atoms with E-state index in [4.69, 9.17) is 14.2 Å². The van der Waals surface area contributed by atoms with Crippen molar-refractivity contribution >= 4 is 11.9 Å². The van der Waals surface area contributed by atoms with Crippen LogP contribution in [0.1, 0.15) is 25.8 Å². The highest BCUT2D eigenvalue weighted by Gasteiger charge is 2.10. The summed E-state index contributed by atoms with van der Waals surface area (Å²) in [4.78, 5) is 22.5. The van der Waals surface area contributed by atoms with Crippen LogP contribution in [0, 0.1) is 6.92 Å². The van der Waals surface area contributed by atoms with Crippen molar-refractivity contribution < 1.29 is 23.8 Å². The maximum atomic E-state index is 11.4. The van der Waals surface area contributed by atoms with Gasteiger partial charge in [0, 0.05) is 0 Å². The fourth-order valence-electron chi connectivity index (χ4n) is 1.40. The molecule has 5 nitrogen and oxygen atoms in total. The van der Waals surface area contributed by atoms with Crippen LogP contribution in [0.4, 0.5) is 0 Å². The standard InChI is InChI=1S/C15H20O5/c1-11(2)20-15(17)10-19-14(16)8-9-18-13-6-4-12(3)5-7-13/h4-7,11H,8-10H2,1-3H3. The van der Waals surface area contributed by atoms with Crippen molar-refractivity contribution in [2.24, 2.45) is 0 Å². The van der Waals surface area contributed by atoms with E-state index in [9.17, 15) is 9.59 Å². The minimum Gasteiger partial charge on any atom is -0.493 e. The highest BCUT2D eigenvalue weighted by atomic mass is 16.6. The molecule has 20 heavy (non-hydrogen) atoms. The Balaban J connectivity index is 2.17. The normalized spacial score (nSPS) is 10.2. The Bertz CT molecular complexity index is 436. The van der Waals surface area contributed by atoms with Crippen LogP contribution in [-0.4, -0.2) is 31.3 Å². The molecule has 0 spiro atoms. The molecule has 0 aliphatic heterocycles. The van der Waals surface area contributed by atoms with Gasteiger partial charge in [0.15, 0.2) is 6.61 Å². The van der Waals surface area contributed by atoms with Crippen molar-refractivity contribution in [3.05, 3.63) is 29.8 Å². The topological polar surface area (TPSA) is 61.8 Å². The van der Waals surface area contributed by atoms with Crippen LogP contribution in [0.5, 0.6) is 5.75 Å². The first-order valence-electron chi connectivity index (χ1n) is 6.52. The predicted molar refractivity (Wildman–Crippen MR) is 73.5 cm³/mol. The molecule has 0 atom stereocenters. The van der Waals surface area contributed by atoms with Crippen molar-refractivity contribution in [1.82, 2.24) is 0 Å². The van der Waals surface area contributed by atoms with E-state index in [2.05, 4.69) is 0 Å². The molecule has 0 aliphatic carbocycles. The van der Waals surface area contributed by atoms with E-state index >= 15 is 0 Å². The number of carbonyl (C=O) groups is 2. The lowest BCUT2D eigenvalue weighted by Gasteiger charge is -2.09. The van der Waals surface area contributed by atoms with Crippen molar-refractivity contribution in [2.45, 2.75) is 33.3 Å². The van der Waals surface area contributed by atoms with Gasteiger partial charge in [0.1, 0.15) is 5.75 Å². The summed E-state index contributed by atoms with van der Waals surface area (Å²) in [5, 5.41) is 0. The van der Waals surface area contributed by atoms with Crippen LogP contribution >= 0.6 is 0 Å². The smallest absolute Gasteiger partial charge is 0.344 e. The average Bonchev–Trinajstić information content (AvgIpc) is 2.38. The zero-order valence-corrected chi connectivity index (χ0v) is 12.0. The van der Waals surface area contributed by atoms with Crippen molar-refractivity contribution in [3.63, 3.8) is 0 Å². The maximum absolute atomic E-state index is 11.4. The van der Waals surface area contributed by atoms with Gasteiger partial charge in [-0.1, -0.05) is 17.7 Å². The molecule has 1 aromatic rings. The van der Waals surface area contributed by atoms with E-state index in [1.54, 1.807) is 13.8 Å². The molecule has 0 unspecified atom stereocenters. The molecule has 1 aromatic carbocycles. The molecule has 110 valence electrons. The van der Waals surface area contributed by atoms with Gasteiger partial charge in [-0.25, -0.2) is 4.79 Å². The Hall–Kier alpha value is -2.04. The molecule has 1 rings (SSSR count). The molecular weight excluding hydrogens is 260 g/mol. The lowest BCUT2D eigenvalue weighted by atomic mass is 10.2. The van der Waals surface area contributed by atoms with E-state index < -0.39 is 11.9 Å². The predicted octanol–water partition coefficient (Wildman–Crippen LogP) is 2.26. The Labute approximate surface area is 118 Å². The van der Waals surface area contributed by atoms with E-state index in [1.807, 2.05) is 31.2 Å². The van der Waals surface area contributed by atoms with Gasteiger partial charge in [0.05, 0.1) is 19.1 Å². The number of hydrogen-bond donors (Lipinski definition) is 0. The number of rotatable bonds is 7. The summed E-state index contributed by atoms with van der Waals surface area (Å²) in [7, 11) is 0. The molecule has 0 radical (unpaired) electrons. The third-order valence-electron chi connectivity index (χ3n) is 2.31. The summed E-state index contributed by atoms with van der Waals surface area (Å²) < 4.78 is 15.0. The Morgan fingerprint density at radius 1 is 1.10 bits per heavy atom. The minimum atomic E-state index is -0.548. The van der Waals surface area contributed by atoms with E-state index in [0.717, 1.165) is 5.56 Å². The van der Waals surface area contributed by atoms with Crippen LogP contribution < -0.4 is 4.74 Å². The Morgan fingerprint density at radius 2 is 1.75 bits per heavy atom. The summed E-state index contributed by atoms with van der Waals surface area (Å²) in [5.41, 5.74) is 1.14.